The average molecular weight is 165 g/mol. The lowest BCUT2D eigenvalue weighted by molar-refractivity contribution is 0.269. The lowest BCUT2D eigenvalue weighted by Gasteiger charge is -2.23. The van der Waals surface area contributed by atoms with Crippen molar-refractivity contribution >= 4 is 0 Å². The van der Waals surface area contributed by atoms with Gasteiger partial charge in [0.05, 0.1) is 0 Å². The molecule has 1 spiro atoms. The highest BCUT2D eigenvalue weighted by atomic mass is 15.0. The number of nitrogens with one attached hydrogen (secondary N) is 1. The number of rotatable bonds is 1. The van der Waals surface area contributed by atoms with Crippen molar-refractivity contribution in [2.24, 2.45) is 17.3 Å². The molecule has 2 saturated carbocycles. The van der Waals surface area contributed by atoms with Gasteiger partial charge in [0.2, 0.25) is 0 Å². The molecule has 0 aromatic rings. The van der Waals surface area contributed by atoms with Crippen molar-refractivity contribution in [1.82, 2.24) is 5.32 Å². The molecular formula is C11H19N. The number of hydrogen-bond donors (Lipinski definition) is 1. The smallest absolute Gasteiger partial charge is 0.00112 e. The summed E-state index contributed by atoms with van der Waals surface area (Å²) in [6.07, 6.45) is 9.15. The van der Waals surface area contributed by atoms with Crippen LogP contribution in [0.1, 0.15) is 38.5 Å². The van der Waals surface area contributed by atoms with E-state index in [1.165, 1.54) is 51.6 Å². The van der Waals surface area contributed by atoms with E-state index in [0.29, 0.717) is 0 Å². The largest absolute Gasteiger partial charge is 0.316 e. The highest BCUT2D eigenvalue weighted by Gasteiger charge is 2.54. The van der Waals surface area contributed by atoms with Gasteiger partial charge < -0.3 is 5.32 Å². The zero-order valence-corrected chi connectivity index (χ0v) is 7.81. The maximum Gasteiger partial charge on any atom is 0.00112 e. The third-order valence-corrected chi connectivity index (χ3v) is 4.49. The van der Waals surface area contributed by atoms with E-state index in [-0.39, 0.29) is 0 Å². The fourth-order valence-electron chi connectivity index (χ4n) is 3.56. The summed E-state index contributed by atoms with van der Waals surface area (Å²) >= 11 is 0. The zero-order chi connectivity index (χ0) is 8.02. The maximum absolute atomic E-state index is 3.60. The Morgan fingerprint density at radius 2 is 1.83 bits per heavy atom. The van der Waals surface area contributed by atoms with E-state index in [1.54, 1.807) is 0 Å². The van der Waals surface area contributed by atoms with Crippen LogP contribution >= 0.6 is 0 Å². The monoisotopic (exact) mass is 165 g/mol. The fraction of sp³-hybridized carbons (Fsp3) is 1.00. The van der Waals surface area contributed by atoms with Gasteiger partial charge in [-0.25, -0.2) is 0 Å². The molecule has 1 heterocycles. The SMILES string of the molecule is C1CCC([C@@H]2CNCC23CC3)C1. The van der Waals surface area contributed by atoms with Crippen molar-refractivity contribution in [2.75, 3.05) is 13.1 Å². The Labute approximate surface area is 74.9 Å². The molecular weight excluding hydrogens is 146 g/mol. The minimum Gasteiger partial charge on any atom is -0.316 e. The van der Waals surface area contributed by atoms with Crippen LogP contribution in [-0.2, 0) is 0 Å². The standard InChI is InChI=1S/C11H19N/c1-2-4-9(3-1)10-7-12-8-11(10)5-6-11/h9-10,12H,1-8H2/t10-/m0/s1. The Hall–Kier alpha value is -0.0400. The van der Waals surface area contributed by atoms with Gasteiger partial charge in [-0.15, -0.1) is 0 Å². The van der Waals surface area contributed by atoms with Gasteiger partial charge in [0, 0.05) is 6.54 Å². The second-order valence-corrected chi connectivity index (χ2v) is 5.14. The zero-order valence-electron chi connectivity index (χ0n) is 7.81. The van der Waals surface area contributed by atoms with Crippen LogP contribution in [0.2, 0.25) is 0 Å². The van der Waals surface area contributed by atoms with Gasteiger partial charge in [0.25, 0.3) is 0 Å². The molecule has 3 rings (SSSR count). The summed E-state index contributed by atoms with van der Waals surface area (Å²) in [5, 5.41) is 3.60. The van der Waals surface area contributed by atoms with E-state index in [9.17, 15) is 0 Å². The first-order chi connectivity index (χ1) is 5.91. The van der Waals surface area contributed by atoms with Crippen LogP contribution in [0.4, 0.5) is 0 Å². The first kappa shape index (κ1) is 7.37. The third-order valence-electron chi connectivity index (χ3n) is 4.49. The fourth-order valence-corrected chi connectivity index (χ4v) is 3.56. The van der Waals surface area contributed by atoms with Crippen molar-refractivity contribution < 1.29 is 0 Å². The van der Waals surface area contributed by atoms with Gasteiger partial charge in [-0.2, -0.15) is 0 Å². The molecule has 0 aromatic heterocycles. The summed E-state index contributed by atoms with van der Waals surface area (Å²) in [4.78, 5) is 0. The van der Waals surface area contributed by atoms with Crippen LogP contribution in [-0.4, -0.2) is 13.1 Å². The van der Waals surface area contributed by atoms with Gasteiger partial charge in [0.15, 0.2) is 0 Å². The Balaban J connectivity index is 1.74. The van der Waals surface area contributed by atoms with Crippen molar-refractivity contribution in [2.45, 2.75) is 38.5 Å². The van der Waals surface area contributed by atoms with Crippen LogP contribution in [0.25, 0.3) is 0 Å². The molecule has 2 aliphatic carbocycles. The van der Waals surface area contributed by atoms with E-state index < -0.39 is 0 Å². The van der Waals surface area contributed by atoms with Gasteiger partial charge in [0.1, 0.15) is 0 Å². The highest BCUT2D eigenvalue weighted by Crippen LogP contribution is 2.58. The summed E-state index contributed by atoms with van der Waals surface area (Å²) in [6.45, 7) is 2.68. The quantitative estimate of drug-likeness (QED) is 0.628. The second-order valence-electron chi connectivity index (χ2n) is 5.14. The molecule has 0 amide bonds. The van der Waals surface area contributed by atoms with E-state index in [0.717, 1.165) is 17.3 Å². The molecule has 1 aliphatic heterocycles. The van der Waals surface area contributed by atoms with E-state index in [4.69, 9.17) is 0 Å². The topological polar surface area (TPSA) is 12.0 Å². The lowest BCUT2D eigenvalue weighted by Crippen LogP contribution is -2.21. The van der Waals surface area contributed by atoms with Gasteiger partial charge in [-0.1, -0.05) is 25.7 Å². The minimum absolute atomic E-state index is 0.814. The third kappa shape index (κ3) is 0.953. The number of hydrogen-bond acceptors (Lipinski definition) is 1. The van der Waals surface area contributed by atoms with Crippen molar-refractivity contribution in [3.05, 3.63) is 0 Å². The van der Waals surface area contributed by atoms with Gasteiger partial charge in [-0.3, -0.25) is 0 Å². The van der Waals surface area contributed by atoms with Crippen LogP contribution in [0, 0.1) is 17.3 Å². The summed E-state index contributed by atoms with van der Waals surface area (Å²) in [5.74, 6) is 2.17. The van der Waals surface area contributed by atoms with Crippen molar-refractivity contribution in [3.8, 4) is 0 Å². The first-order valence-electron chi connectivity index (χ1n) is 5.61. The molecule has 12 heavy (non-hydrogen) atoms. The van der Waals surface area contributed by atoms with E-state index in [2.05, 4.69) is 5.32 Å². The normalized spacial score (nSPS) is 39.5. The second kappa shape index (κ2) is 2.47. The maximum atomic E-state index is 3.60. The van der Waals surface area contributed by atoms with Crippen molar-refractivity contribution in [3.63, 3.8) is 0 Å². The Morgan fingerprint density at radius 3 is 2.50 bits per heavy atom. The van der Waals surface area contributed by atoms with Crippen LogP contribution in [0.15, 0.2) is 0 Å². The summed E-state index contributed by atoms with van der Waals surface area (Å²) < 4.78 is 0. The molecule has 0 bridgehead atoms. The van der Waals surface area contributed by atoms with Crippen LogP contribution in [0.3, 0.4) is 0 Å². The van der Waals surface area contributed by atoms with E-state index >= 15 is 0 Å². The Morgan fingerprint density at radius 1 is 1.08 bits per heavy atom. The van der Waals surface area contributed by atoms with E-state index in [1.807, 2.05) is 0 Å². The molecule has 1 N–H and O–H groups in total. The molecule has 3 aliphatic rings. The molecule has 1 saturated heterocycles. The molecule has 68 valence electrons. The predicted molar refractivity (Wildman–Crippen MR) is 50.0 cm³/mol. The molecule has 0 radical (unpaired) electrons. The lowest BCUT2D eigenvalue weighted by atomic mass is 9.81. The van der Waals surface area contributed by atoms with Gasteiger partial charge >= 0.3 is 0 Å². The summed E-state index contributed by atoms with van der Waals surface area (Å²) in [7, 11) is 0. The minimum atomic E-state index is 0.814. The Kier molecular flexibility index (Phi) is 1.52. The first-order valence-corrected chi connectivity index (χ1v) is 5.61. The summed E-state index contributed by atoms with van der Waals surface area (Å²) in [6, 6.07) is 0. The molecule has 3 fully saturated rings. The van der Waals surface area contributed by atoms with Gasteiger partial charge in [-0.05, 0) is 36.6 Å². The van der Waals surface area contributed by atoms with Crippen molar-refractivity contribution in [1.29, 1.82) is 0 Å². The van der Waals surface area contributed by atoms with Crippen LogP contribution < -0.4 is 5.32 Å². The Bertz CT molecular complexity index is 177. The predicted octanol–water partition coefficient (Wildman–Crippen LogP) is 2.18. The summed E-state index contributed by atoms with van der Waals surface area (Å²) in [5.41, 5.74) is 0.814. The average Bonchev–Trinajstić information content (AvgIpc) is 2.51. The molecule has 1 heteroatoms. The molecule has 0 aromatic carbocycles. The molecule has 1 nitrogen and oxygen atoms in total. The molecule has 1 atom stereocenters. The van der Waals surface area contributed by atoms with Crippen LogP contribution in [0.5, 0.6) is 0 Å². The highest BCUT2D eigenvalue weighted by molar-refractivity contribution is 5.07. The molecule has 0 unspecified atom stereocenters.